The highest BCUT2D eigenvalue weighted by Crippen LogP contribution is 2.38. The standard InChI is InChI=1S/C23H28O4/c1-22(2,3)23(4,5)21(25)27-16-15-26-20(24)19-13-11-18(12-14-19)17-9-7-6-8-10-17/h6-14H,15-16H2,1-5H3. The molecule has 0 heterocycles. The van der Waals surface area contributed by atoms with Gasteiger partial charge < -0.3 is 9.47 Å². The summed E-state index contributed by atoms with van der Waals surface area (Å²) in [6.07, 6.45) is 0. The molecule has 4 heteroatoms. The summed E-state index contributed by atoms with van der Waals surface area (Å²) in [5, 5.41) is 0. The van der Waals surface area contributed by atoms with Crippen molar-refractivity contribution in [2.24, 2.45) is 10.8 Å². The van der Waals surface area contributed by atoms with Crippen molar-refractivity contribution in [1.29, 1.82) is 0 Å². The fourth-order valence-electron chi connectivity index (χ4n) is 2.27. The van der Waals surface area contributed by atoms with Crippen molar-refractivity contribution in [3.8, 4) is 11.1 Å². The topological polar surface area (TPSA) is 52.6 Å². The highest BCUT2D eigenvalue weighted by Gasteiger charge is 2.41. The van der Waals surface area contributed by atoms with Gasteiger partial charge in [0.25, 0.3) is 0 Å². The van der Waals surface area contributed by atoms with Crippen LogP contribution in [0.2, 0.25) is 0 Å². The van der Waals surface area contributed by atoms with Gasteiger partial charge in [-0.2, -0.15) is 0 Å². The monoisotopic (exact) mass is 368 g/mol. The molecule has 0 spiro atoms. The third-order valence-corrected chi connectivity index (χ3v) is 5.16. The third-order valence-electron chi connectivity index (χ3n) is 5.16. The molecule has 0 atom stereocenters. The number of hydrogen-bond acceptors (Lipinski definition) is 4. The van der Waals surface area contributed by atoms with Gasteiger partial charge in [-0.05, 0) is 42.5 Å². The normalized spacial score (nSPS) is 11.7. The molecule has 0 radical (unpaired) electrons. The number of hydrogen-bond donors (Lipinski definition) is 0. The van der Waals surface area contributed by atoms with Crippen molar-refractivity contribution in [3.05, 3.63) is 60.2 Å². The molecule has 0 saturated heterocycles. The van der Waals surface area contributed by atoms with Crippen LogP contribution >= 0.6 is 0 Å². The van der Waals surface area contributed by atoms with Crippen molar-refractivity contribution in [1.82, 2.24) is 0 Å². The molecule has 0 fully saturated rings. The van der Waals surface area contributed by atoms with E-state index in [4.69, 9.17) is 9.47 Å². The predicted molar refractivity (Wildman–Crippen MR) is 106 cm³/mol. The smallest absolute Gasteiger partial charge is 0.338 e. The Kier molecular flexibility index (Phi) is 6.42. The van der Waals surface area contributed by atoms with Gasteiger partial charge in [-0.15, -0.1) is 0 Å². The molecule has 0 N–H and O–H groups in total. The Balaban J connectivity index is 1.83. The molecule has 0 unspecified atom stereocenters. The fourth-order valence-corrected chi connectivity index (χ4v) is 2.27. The molecule has 4 nitrogen and oxygen atoms in total. The minimum atomic E-state index is -0.621. The second kappa shape index (κ2) is 8.38. The maximum absolute atomic E-state index is 12.2. The predicted octanol–water partition coefficient (Wildman–Crippen LogP) is 5.13. The van der Waals surface area contributed by atoms with Crippen molar-refractivity contribution in [3.63, 3.8) is 0 Å². The highest BCUT2D eigenvalue weighted by atomic mass is 16.6. The molecule has 0 aliphatic heterocycles. The highest BCUT2D eigenvalue weighted by molar-refractivity contribution is 5.90. The van der Waals surface area contributed by atoms with E-state index >= 15 is 0 Å². The number of benzene rings is 2. The van der Waals surface area contributed by atoms with Gasteiger partial charge in [-0.25, -0.2) is 4.79 Å². The first kappa shape index (κ1) is 20.7. The lowest BCUT2D eigenvalue weighted by atomic mass is 9.69. The van der Waals surface area contributed by atoms with Crippen LogP contribution < -0.4 is 0 Å². The maximum atomic E-state index is 12.2. The molecule has 0 amide bonds. The van der Waals surface area contributed by atoms with Crippen LogP contribution in [0.15, 0.2) is 54.6 Å². The fraction of sp³-hybridized carbons (Fsp3) is 0.391. The molecular formula is C23H28O4. The van der Waals surface area contributed by atoms with Crippen LogP contribution in [0.4, 0.5) is 0 Å². The minimum absolute atomic E-state index is 0.0330. The number of esters is 2. The van der Waals surface area contributed by atoms with Crippen LogP contribution in [0.25, 0.3) is 11.1 Å². The third kappa shape index (κ3) is 5.19. The lowest BCUT2D eigenvalue weighted by Gasteiger charge is -2.36. The van der Waals surface area contributed by atoms with Crippen LogP contribution in [0.1, 0.15) is 45.0 Å². The van der Waals surface area contributed by atoms with Crippen LogP contribution in [-0.2, 0) is 14.3 Å². The van der Waals surface area contributed by atoms with Crippen LogP contribution in [-0.4, -0.2) is 25.2 Å². The number of ether oxygens (including phenoxy) is 2. The van der Waals surface area contributed by atoms with Gasteiger partial charge in [0.15, 0.2) is 0 Å². The Hall–Kier alpha value is -2.62. The molecule has 0 aliphatic rings. The van der Waals surface area contributed by atoms with Gasteiger partial charge in [-0.1, -0.05) is 63.2 Å². The lowest BCUT2D eigenvalue weighted by molar-refractivity contribution is -0.161. The minimum Gasteiger partial charge on any atom is -0.462 e. The van der Waals surface area contributed by atoms with Gasteiger partial charge in [-0.3, -0.25) is 4.79 Å². The second-order valence-corrected chi connectivity index (χ2v) is 8.09. The van der Waals surface area contributed by atoms with Crippen LogP contribution in [0, 0.1) is 10.8 Å². The van der Waals surface area contributed by atoms with E-state index in [0.717, 1.165) is 11.1 Å². The first-order valence-electron chi connectivity index (χ1n) is 9.13. The Bertz CT molecular complexity index is 768. The number of carbonyl (C=O) groups is 2. The average molecular weight is 368 g/mol. The zero-order valence-corrected chi connectivity index (χ0v) is 16.7. The van der Waals surface area contributed by atoms with Gasteiger partial charge >= 0.3 is 11.9 Å². The maximum Gasteiger partial charge on any atom is 0.338 e. The van der Waals surface area contributed by atoms with Gasteiger partial charge in [0.2, 0.25) is 0 Å². The summed E-state index contributed by atoms with van der Waals surface area (Å²) in [4.78, 5) is 24.4. The van der Waals surface area contributed by atoms with E-state index in [0.29, 0.717) is 5.56 Å². The van der Waals surface area contributed by atoms with Gasteiger partial charge in [0.05, 0.1) is 11.0 Å². The zero-order valence-electron chi connectivity index (χ0n) is 16.7. The SMILES string of the molecule is CC(C)(C)C(C)(C)C(=O)OCCOC(=O)c1ccc(-c2ccccc2)cc1. The Morgan fingerprint density at radius 3 is 1.81 bits per heavy atom. The molecule has 2 aromatic carbocycles. The second-order valence-electron chi connectivity index (χ2n) is 8.09. The molecule has 144 valence electrons. The van der Waals surface area contributed by atoms with Gasteiger partial charge in [0, 0.05) is 0 Å². The van der Waals surface area contributed by atoms with E-state index in [1.165, 1.54) is 0 Å². The quantitative estimate of drug-likeness (QED) is 0.524. The molecule has 2 aromatic rings. The number of carbonyl (C=O) groups excluding carboxylic acids is 2. The largest absolute Gasteiger partial charge is 0.462 e. The number of rotatable bonds is 6. The zero-order chi connectivity index (χ0) is 20.1. The molecule has 0 saturated carbocycles. The van der Waals surface area contributed by atoms with Crippen molar-refractivity contribution in [2.45, 2.75) is 34.6 Å². The summed E-state index contributed by atoms with van der Waals surface area (Å²) in [5.74, 6) is -0.723. The summed E-state index contributed by atoms with van der Waals surface area (Å²) in [6.45, 7) is 9.77. The molecule has 0 aliphatic carbocycles. The Morgan fingerprint density at radius 1 is 0.741 bits per heavy atom. The first-order valence-corrected chi connectivity index (χ1v) is 9.13. The van der Waals surface area contributed by atoms with Crippen molar-refractivity contribution < 1.29 is 19.1 Å². The van der Waals surface area contributed by atoms with E-state index in [1.807, 2.05) is 77.1 Å². The molecule has 0 bridgehead atoms. The average Bonchev–Trinajstić information content (AvgIpc) is 2.64. The van der Waals surface area contributed by atoms with Crippen molar-refractivity contribution in [2.75, 3.05) is 13.2 Å². The van der Waals surface area contributed by atoms with E-state index < -0.39 is 11.4 Å². The van der Waals surface area contributed by atoms with E-state index in [9.17, 15) is 9.59 Å². The van der Waals surface area contributed by atoms with E-state index in [2.05, 4.69) is 0 Å². The van der Waals surface area contributed by atoms with Crippen LogP contribution in [0.5, 0.6) is 0 Å². The van der Waals surface area contributed by atoms with Crippen molar-refractivity contribution >= 4 is 11.9 Å². The van der Waals surface area contributed by atoms with Crippen LogP contribution in [0.3, 0.4) is 0 Å². The van der Waals surface area contributed by atoms with Gasteiger partial charge in [0.1, 0.15) is 13.2 Å². The summed E-state index contributed by atoms with van der Waals surface area (Å²) >= 11 is 0. The Labute approximate surface area is 161 Å². The summed E-state index contributed by atoms with van der Waals surface area (Å²) in [7, 11) is 0. The summed E-state index contributed by atoms with van der Waals surface area (Å²) in [6, 6.07) is 17.2. The summed E-state index contributed by atoms with van der Waals surface area (Å²) < 4.78 is 10.5. The van der Waals surface area contributed by atoms with E-state index in [-0.39, 0.29) is 24.6 Å². The first-order chi connectivity index (χ1) is 12.6. The molecule has 2 rings (SSSR count). The molecular weight excluding hydrogens is 340 g/mol. The lowest BCUT2D eigenvalue weighted by Crippen LogP contribution is -2.39. The van der Waals surface area contributed by atoms with E-state index in [1.54, 1.807) is 12.1 Å². The molecule has 27 heavy (non-hydrogen) atoms. The Morgan fingerprint density at radius 2 is 1.26 bits per heavy atom. The molecule has 0 aromatic heterocycles. The summed E-state index contributed by atoms with van der Waals surface area (Å²) in [5.41, 5.74) is 1.75.